The average molecular weight is 242 g/mol. The van der Waals surface area contributed by atoms with Gasteiger partial charge >= 0.3 is 0 Å². The molecule has 4 nitrogen and oxygen atoms in total. The second-order valence-corrected chi connectivity index (χ2v) is 5.24. The summed E-state index contributed by atoms with van der Waals surface area (Å²) in [5.74, 6) is 0. The molecule has 2 fully saturated rings. The van der Waals surface area contributed by atoms with E-state index in [1.165, 1.54) is 19.3 Å². The minimum Gasteiger partial charge on any atom is -0.395 e. The van der Waals surface area contributed by atoms with Gasteiger partial charge in [-0.3, -0.25) is 4.90 Å². The van der Waals surface area contributed by atoms with Gasteiger partial charge in [0.2, 0.25) is 0 Å². The van der Waals surface area contributed by atoms with Crippen molar-refractivity contribution in [1.29, 1.82) is 0 Å². The number of nitrogens with zero attached hydrogens (tertiary/aromatic N) is 1. The van der Waals surface area contributed by atoms with Crippen LogP contribution in [0.3, 0.4) is 0 Å². The lowest BCUT2D eigenvalue weighted by atomic mass is 10.1. The molecule has 2 N–H and O–H groups in total. The van der Waals surface area contributed by atoms with E-state index in [0.717, 1.165) is 32.7 Å². The Morgan fingerprint density at radius 3 is 3.12 bits per heavy atom. The van der Waals surface area contributed by atoms with Gasteiger partial charge in [-0.15, -0.1) is 0 Å². The minimum absolute atomic E-state index is 0.217. The Kier molecular flexibility index (Phi) is 5.22. The van der Waals surface area contributed by atoms with Crippen molar-refractivity contribution < 1.29 is 9.84 Å². The first-order valence-electron chi connectivity index (χ1n) is 7.05. The van der Waals surface area contributed by atoms with Crippen LogP contribution in [0, 0.1) is 0 Å². The Balaban J connectivity index is 1.83. The van der Waals surface area contributed by atoms with Crippen molar-refractivity contribution in [3.05, 3.63) is 0 Å². The molecule has 0 aromatic heterocycles. The van der Waals surface area contributed by atoms with Crippen LogP contribution in [0.5, 0.6) is 0 Å². The largest absolute Gasteiger partial charge is 0.395 e. The average Bonchev–Trinajstić information content (AvgIpc) is 2.83. The molecule has 0 aromatic rings. The Bertz CT molecular complexity index is 225. The maximum Gasteiger partial charge on any atom is 0.0730 e. The lowest BCUT2D eigenvalue weighted by Gasteiger charge is -2.39. The number of fused-ring (bicyclic) bond motifs is 1. The molecule has 1 saturated heterocycles. The topological polar surface area (TPSA) is 44.7 Å². The maximum atomic E-state index is 9.40. The lowest BCUT2D eigenvalue weighted by Crippen LogP contribution is -2.54. The molecule has 1 aliphatic heterocycles. The molecule has 0 bridgehead atoms. The summed E-state index contributed by atoms with van der Waals surface area (Å²) in [6, 6.07) is 0.815. The number of morpholine rings is 1. The number of aliphatic hydroxyl groups is 1. The molecule has 1 aliphatic carbocycles. The maximum absolute atomic E-state index is 9.40. The molecular formula is C13H26N2O2. The molecular weight excluding hydrogens is 216 g/mol. The van der Waals surface area contributed by atoms with Crippen LogP contribution in [-0.2, 0) is 4.74 Å². The zero-order chi connectivity index (χ0) is 12.1. The fourth-order valence-corrected chi connectivity index (χ4v) is 3.05. The molecule has 2 aliphatic rings. The van der Waals surface area contributed by atoms with E-state index < -0.39 is 0 Å². The molecule has 1 saturated carbocycles. The fraction of sp³-hybridized carbons (Fsp3) is 1.00. The first kappa shape index (κ1) is 13.3. The van der Waals surface area contributed by atoms with Crippen LogP contribution in [0.15, 0.2) is 0 Å². The Morgan fingerprint density at radius 1 is 1.47 bits per heavy atom. The predicted molar refractivity (Wildman–Crippen MR) is 68.1 cm³/mol. The van der Waals surface area contributed by atoms with E-state index in [1.54, 1.807) is 0 Å². The van der Waals surface area contributed by atoms with Crippen LogP contribution >= 0.6 is 0 Å². The van der Waals surface area contributed by atoms with Crippen LogP contribution in [-0.4, -0.2) is 61.0 Å². The fourth-order valence-electron chi connectivity index (χ4n) is 3.05. The van der Waals surface area contributed by atoms with E-state index >= 15 is 0 Å². The molecule has 100 valence electrons. The predicted octanol–water partition coefficient (Wildman–Crippen LogP) is 0.600. The van der Waals surface area contributed by atoms with Gasteiger partial charge in [-0.25, -0.2) is 0 Å². The Labute approximate surface area is 104 Å². The van der Waals surface area contributed by atoms with E-state index in [9.17, 15) is 5.11 Å². The highest BCUT2D eigenvalue weighted by Gasteiger charge is 2.36. The summed E-state index contributed by atoms with van der Waals surface area (Å²) in [5.41, 5.74) is 0. The zero-order valence-corrected chi connectivity index (χ0v) is 10.9. The van der Waals surface area contributed by atoms with Crippen molar-refractivity contribution in [2.45, 2.75) is 50.8 Å². The smallest absolute Gasteiger partial charge is 0.0730 e. The number of nitrogens with one attached hydrogen (secondary N) is 1. The highest BCUT2D eigenvalue weighted by atomic mass is 16.5. The summed E-state index contributed by atoms with van der Waals surface area (Å²) in [7, 11) is 0. The monoisotopic (exact) mass is 242 g/mol. The summed E-state index contributed by atoms with van der Waals surface area (Å²) >= 11 is 0. The second kappa shape index (κ2) is 6.69. The zero-order valence-electron chi connectivity index (χ0n) is 10.9. The van der Waals surface area contributed by atoms with E-state index in [1.807, 2.05) is 0 Å². The third kappa shape index (κ3) is 3.41. The van der Waals surface area contributed by atoms with Gasteiger partial charge in [-0.1, -0.05) is 6.92 Å². The molecule has 0 aromatic carbocycles. The summed E-state index contributed by atoms with van der Waals surface area (Å²) in [5, 5.41) is 12.8. The molecule has 3 atom stereocenters. The highest BCUT2D eigenvalue weighted by molar-refractivity contribution is 4.90. The van der Waals surface area contributed by atoms with Crippen molar-refractivity contribution in [3.8, 4) is 0 Å². The molecule has 4 heteroatoms. The summed E-state index contributed by atoms with van der Waals surface area (Å²) in [4.78, 5) is 2.52. The van der Waals surface area contributed by atoms with Gasteiger partial charge in [0.25, 0.3) is 0 Å². The Morgan fingerprint density at radius 2 is 2.35 bits per heavy atom. The number of ether oxygens (including phenoxy) is 1. The quantitative estimate of drug-likeness (QED) is 0.716. The third-order valence-electron chi connectivity index (χ3n) is 3.96. The van der Waals surface area contributed by atoms with Crippen molar-refractivity contribution in [2.75, 3.05) is 32.8 Å². The molecule has 0 radical (unpaired) electrons. The van der Waals surface area contributed by atoms with Gasteiger partial charge < -0.3 is 15.2 Å². The minimum atomic E-state index is 0.217. The van der Waals surface area contributed by atoms with E-state index in [0.29, 0.717) is 12.1 Å². The van der Waals surface area contributed by atoms with Gasteiger partial charge in [0.1, 0.15) is 0 Å². The first-order valence-corrected chi connectivity index (χ1v) is 7.05. The number of hydrogen-bond acceptors (Lipinski definition) is 4. The SMILES string of the molecule is CCCNC(CO)CN1CCOC2CCCC21. The summed E-state index contributed by atoms with van der Waals surface area (Å²) in [6.45, 7) is 6.21. The lowest BCUT2D eigenvalue weighted by molar-refractivity contribution is -0.0596. The van der Waals surface area contributed by atoms with Gasteiger partial charge in [0, 0.05) is 25.2 Å². The number of hydrogen-bond donors (Lipinski definition) is 2. The van der Waals surface area contributed by atoms with Gasteiger partial charge in [0.05, 0.1) is 19.3 Å². The van der Waals surface area contributed by atoms with Crippen LogP contribution in [0.25, 0.3) is 0 Å². The standard InChI is InChI=1S/C13H26N2O2/c1-2-6-14-11(10-16)9-15-7-8-17-13-5-3-4-12(13)15/h11-14,16H,2-10H2,1H3. The molecule has 0 spiro atoms. The summed E-state index contributed by atoms with van der Waals surface area (Å²) < 4.78 is 5.80. The molecule has 0 amide bonds. The van der Waals surface area contributed by atoms with Crippen molar-refractivity contribution >= 4 is 0 Å². The van der Waals surface area contributed by atoms with Crippen LogP contribution in [0.2, 0.25) is 0 Å². The Hall–Kier alpha value is -0.160. The van der Waals surface area contributed by atoms with Crippen LogP contribution in [0.1, 0.15) is 32.6 Å². The van der Waals surface area contributed by atoms with Crippen LogP contribution < -0.4 is 5.32 Å². The molecule has 1 heterocycles. The molecule has 2 rings (SSSR count). The van der Waals surface area contributed by atoms with E-state index in [2.05, 4.69) is 17.1 Å². The van der Waals surface area contributed by atoms with Gasteiger partial charge in [-0.05, 0) is 32.2 Å². The van der Waals surface area contributed by atoms with Crippen LogP contribution in [0.4, 0.5) is 0 Å². The number of rotatable bonds is 6. The third-order valence-corrected chi connectivity index (χ3v) is 3.96. The van der Waals surface area contributed by atoms with Gasteiger partial charge in [-0.2, -0.15) is 0 Å². The number of aliphatic hydroxyl groups excluding tert-OH is 1. The molecule has 17 heavy (non-hydrogen) atoms. The van der Waals surface area contributed by atoms with Crippen molar-refractivity contribution in [2.24, 2.45) is 0 Å². The van der Waals surface area contributed by atoms with Crippen molar-refractivity contribution in [1.82, 2.24) is 10.2 Å². The van der Waals surface area contributed by atoms with Gasteiger partial charge in [0.15, 0.2) is 0 Å². The van der Waals surface area contributed by atoms with E-state index in [4.69, 9.17) is 4.74 Å². The van der Waals surface area contributed by atoms with E-state index in [-0.39, 0.29) is 12.6 Å². The normalized spacial score (nSPS) is 31.4. The molecule has 3 unspecified atom stereocenters. The second-order valence-electron chi connectivity index (χ2n) is 5.24. The first-order chi connectivity index (χ1) is 8.35. The highest BCUT2D eigenvalue weighted by Crippen LogP contribution is 2.29. The summed E-state index contributed by atoms with van der Waals surface area (Å²) in [6.07, 6.45) is 5.34. The van der Waals surface area contributed by atoms with Crippen molar-refractivity contribution in [3.63, 3.8) is 0 Å².